The second-order valence-corrected chi connectivity index (χ2v) is 5.92. The van der Waals surface area contributed by atoms with Gasteiger partial charge < -0.3 is 9.47 Å². The minimum absolute atomic E-state index is 0.283. The molecular formula is C14H21BrO2. The summed E-state index contributed by atoms with van der Waals surface area (Å²) in [5.41, 5.74) is 1.48. The standard InChI is InChI=1S/C14H21BrO2/c1-10-3-4-13(9-14(10)15)17-12-7-5-11(16-2)6-8-12/h5,7,11-13H,3-4,6,8-9H2,1-2H3. The Kier molecular flexibility index (Phi) is 4.83. The summed E-state index contributed by atoms with van der Waals surface area (Å²) in [5, 5.41) is 0. The lowest BCUT2D eigenvalue weighted by Crippen LogP contribution is -2.27. The van der Waals surface area contributed by atoms with Gasteiger partial charge in [-0.15, -0.1) is 0 Å². The van der Waals surface area contributed by atoms with Crippen molar-refractivity contribution in [2.45, 2.75) is 57.3 Å². The Balaban J connectivity index is 1.83. The Morgan fingerprint density at radius 3 is 2.47 bits per heavy atom. The largest absolute Gasteiger partial charge is 0.377 e. The van der Waals surface area contributed by atoms with Gasteiger partial charge in [-0.25, -0.2) is 0 Å². The molecule has 3 heteroatoms. The fourth-order valence-corrected chi connectivity index (χ4v) is 2.99. The molecule has 0 saturated carbocycles. The van der Waals surface area contributed by atoms with E-state index in [1.165, 1.54) is 10.1 Å². The van der Waals surface area contributed by atoms with E-state index in [0.29, 0.717) is 6.10 Å². The van der Waals surface area contributed by atoms with Crippen LogP contribution in [0.25, 0.3) is 0 Å². The Morgan fingerprint density at radius 1 is 1.18 bits per heavy atom. The number of hydrogen-bond acceptors (Lipinski definition) is 2. The first-order valence-corrected chi connectivity index (χ1v) is 7.19. The van der Waals surface area contributed by atoms with Gasteiger partial charge >= 0.3 is 0 Å². The van der Waals surface area contributed by atoms with Crippen molar-refractivity contribution < 1.29 is 9.47 Å². The fourth-order valence-electron chi connectivity index (χ4n) is 2.43. The van der Waals surface area contributed by atoms with Crippen molar-refractivity contribution in [2.24, 2.45) is 0 Å². The number of hydrogen-bond donors (Lipinski definition) is 0. The molecule has 96 valence electrons. The molecule has 2 aliphatic carbocycles. The van der Waals surface area contributed by atoms with E-state index in [1.54, 1.807) is 7.11 Å². The minimum Gasteiger partial charge on any atom is -0.377 e. The second kappa shape index (κ2) is 6.17. The lowest BCUT2D eigenvalue weighted by atomic mass is 9.97. The van der Waals surface area contributed by atoms with Gasteiger partial charge in [0.1, 0.15) is 0 Å². The highest BCUT2D eigenvalue weighted by atomic mass is 79.9. The molecule has 17 heavy (non-hydrogen) atoms. The predicted octanol–water partition coefficient (Wildman–Crippen LogP) is 3.96. The molecule has 3 atom stereocenters. The quantitative estimate of drug-likeness (QED) is 0.735. The van der Waals surface area contributed by atoms with Crippen molar-refractivity contribution in [3.63, 3.8) is 0 Å². The highest BCUT2D eigenvalue weighted by molar-refractivity contribution is 9.11. The first kappa shape index (κ1) is 13.3. The molecule has 0 aromatic carbocycles. The van der Waals surface area contributed by atoms with E-state index in [2.05, 4.69) is 35.0 Å². The summed E-state index contributed by atoms with van der Waals surface area (Å²) >= 11 is 3.64. The third-order valence-corrected chi connectivity index (χ3v) is 4.66. The van der Waals surface area contributed by atoms with E-state index in [0.717, 1.165) is 32.1 Å². The van der Waals surface area contributed by atoms with Crippen molar-refractivity contribution in [1.29, 1.82) is 0 Å². The van der Waals surface area contributed by atoms with Crippen LogP contribution >= 0.6 is 15.9 Å². The molecule has 0 aromatic heterocycles. The molecule has 0 aromatic rings. The molecular weight excluding hydrogens is 280 g/mol. The molecule has 3 unspecified atom stereocenters. The van der Waals surface area contributed by atoms with E-state index in [4.69, 9.17) is 9.47 Å². The predicted molar refractivity (Wildman–Crippen MR) is 73.3 cm³/mol. The highest BCUT2D eigenvalue weighted by Gasteiger charge is 2.23. The molecule has 0 aliphatic heterocycles. The highest BCUT2D eigenvalue weighted by Crippen LogP contribution is 2.32. The van der Waals surface area contributed by atoms with Gasteiger partial charge in [0.25, 0.3) is 0 Å². The van der Waals surface area contributed by atoms with Gasteiger partial charge in [-0.05, 0) is 37.1 Å². The van der Waals surface area contributed by atoms with Crippen LogP contribution < -0.4 is 0 Å². The smallest absolute Gasteiger partial charge is 0.0761 e. The summed E-state index contributed by atoms with van der Waals surface area (Å²) in [6.07, 6.45) is 10.7. The van der Waals surface area contributed by atoms with Gasteiger partial charge in [0.05, 0.1) is 18.3 Å². The summed E-state index contributed by atoms with van der Waals surface area (Å²) in [6.45, 7) is 2.20. The average Bonchev–Trinajstić information content (AvgIpc) is 2.35. The Morgan fingerprint density at radius 2 is 1.88 bits per heavy atom. The first-order chi connectivity index (χ1) is 8.19. The molecule has 0 bridgehead atoms. The zero-order valence-electron chi connectivity index (χ0n) is 10.6. The molecule has 0 N–H and O–H groups in total. The van der Waals surface area contributed by atoms with Crippen molar-refractivity contribution in [2.75, 3.05) is 7.11 Å². The van der Waals surface area contributed by atoms with Crippen LogP contribution in [0.2, 0.25) is 0 Å². The van der Waals surface area contributed by atoms with Gasteiger partial charge in [-0.2, -0.15) is 0 Å². The van der Waals surface area contributed by atoms with Crippen LogP contribution in [0.5, 0.6) is 0 Å². The molecule has 0 radical (unpaired) electrons. The van der Waals surface area contributed by atoms with Crippen LogP contribution in [0.15, 0.2) is 22.2 Å². The zero-order chi connectivity index (χ0) is 12.3. The van der Waals surface area contributed by atoms with E-state index in [1.807, 2.05) is 0 Å². The van der Waals surface area contributed by atoms with Crippen LogP contribution in [-0.4, -0.2) is 25.4 Å². The normalized spacial score (nSPS) is 34.2. The molecule has 0 heterocycles. The van der Waals surface area contributed by atoms with Crippen LogP contribution in [0.3, 0.4) is 0 Å². The zero-order valence-corrected chi connectivity index (χ0v) is 12.2. The topological polar surface area (TPSA) is 18.5 Å². The Hall–Kier alpha value is -0.120. The van der Waals surface area contributed by atoms with E-state index < -0.39 is 0 Å². The fraction of sp³-hybridized carbons (Fsp3) is 0.714. The molecule has 0 fully saturated rings. The van der Waals surface area contributed by atoms with Gasteiger partial charge in [0.15, 0.2) is 0 Å². The summed E-state index contributed by atoms with van der Waals surface area (Å²) < 4.78 is 12.8. The van der Waals surface area contributed by atoms with Crippen molar-refractivity contribution in [3.8, 4) is 0 Å². The van der Waals surface area contributed by atoms with Crippen molar-refractivity contribution in [1.82, 2.24) is 0 Å². The Labute approximate surface area is 112 Å². The molecule has 2 nitrogen and oxygen atoms in total. The molecule has 2 aliphatic rings. The SMILES string of the molecule is COC1C=CC(OC2CCC(C)=C(Br)C2)CC1. The Bertz CT molecular complexity index is 322. The number of methoxy groups -OCH3 is 1. The van der Waals surface area contributed by atoms with Crippen LogP contribution in [0.4, 0.5) is 0 Å². The van der Waals surface area contributed by atoms with Crippen molar-refractivity contribution in [3.05, 3.63) is 22.2 Å². The lowest BCUT2D eigenvalue weighted by molar-refractivity contribution is -0.00865. The summed E-state index contributed by atoms with van der Waals surface area (Å²) in [6, 6.07) is 0. The third kappa shape index (κ3) is 3.67. The summed E-state index contributed by atoms with van der Waals surface area (Å²) in [7, 11) is 1.77. The van der Waals surface area contributed by atoms with E-state index in [9.17, 15) is 0 Å². The van der Waals surface area contributed by atoms with Gasteiger partial charge in [-0.1, -0.05) is 33.7 Å². The van der Waals surface area contributed by atoms with Gasteiger partial charge in [0.2, 0.25) is 0 Å². The van der Waals surface area contributed by atoms with Crippen LogP contribution in [0.1, 0.15) is 39.0 Å². The number of halogens is 1. The number of rotatable bonds is 3. The van der Waals surface area contributed by atoms with Crippen LogP contribution in [-0.2, 0) is 9.47 Å². The lowest BCUT2D eigenvalue weighted by Gasteiger charge is -2.29. The maximum atomic E-state index is 6.14. The van der Waals surface area contributed by atoms with E-state index >= 15 is 0 Å². The number of allylic oxidation sites excluding steroid dienone is 1. The minimum atomic E-state index is 0.283. The molecule has 0 spiro atoms. The maximum absolute atomic E-state index is 6.14. The monoisotopic (exact) mass is 300 g/mol. The molecule has 0 amide bonds. The average molecular weight is 301 g/mol. The van der Waals surface area contributed by atoms with Crippen molar-refractivity contribution >= 4 is 15.9 Å². The van der Waals surface area contributed by atoms with Crippen LogP contribution in [0, 0.1) is 0 Å². The summed E-state index contributed by atoms with van der Waals surface area (Å²) in [4.78, 5) is 0. The van der Waals surface area contributed by atoms with E-state index in [-0.39, 0.29) is 12.2 Å². The first-order valence-electron chi connectivity index (χ1n) is 6.39. The number of ether oxygens (including phenoxy) is 2. The van der Waals surface area contributed by atoms with Gasteiger partial charge in [-0.3, -0.25) is 0 Å². The van der Waals surface area contributed by atoms with Gasteiger partial charge in [0, 0.05) is 13.5 Å². The second-order valence-electron chi connectivity index (χ2n) is 4.96. The maximum Gasteiger partial charge on any atom is 0.0761 e. The summed E-state index contributed by atoms with van der Waals surface area (Å²) in [5.74, 6) is 0. The third-order valence-electron chi connectivity index (χ3n) is 3.66. The molecule has 2 rings (SSSR count). The molecule has 0 saturated heterocycles.